The normalized spacial score (nSPS) is 26.9. The van der Waals surface area contributed by atoms with E-state index in [1.807, 2.05) is 6.92 Å². The van der Waals surface area contributed by atoms with E-state index in [4.69, 9.17) is 0 Å². The first-order valence-corrected chi connectivity index (χ1v) is 5.78. The lowest BCUT2D eigenvalue weighted by Gasteiger charge is -2.23. The quantitative estimate of drug-likeness (QED) is 0.721. The topological polar surface area (TPSA) is 29.0 Å². The first-order chi connectivity index (χ1) is 6.68. The molecule has 2 rings (SSSR count). The van der Waals surface area contributed by atoms with Crippen molar-refractivity contribution < 1.29 is 0 Å². The van der Waals surface area contributed by atoms with Gasteiger partial charge in [-0.15, -0.1) is 0 Å². The van der Waals surface area contributed by atoms with Crippen LogP contribution in [0.5, 0.6) is 0 Å². The summed E-state index contributed by atoms with van der Waals surface area (Å²) in [5, 5.41) is 0. The molecule has 1 aliphatic heterocycles. The maximum absolute atomic E-state index is 4.39. The third-order valence-electron chi connectivity index (χ3n) is 2.65. The lowest BCUT2D eigenvalue weighted by atomic mass is 10.2. The first kappa shape index (κ1) is 9.90. The number of anilines is 1. The van der Waals surface area contributed by atoms with Crippen molar-refractivity contribution in [2.24, 2.45) is 0 Å². The summed E-state index contributed by atoms with van der Waals surface area (Å²) in [6, 6.07) is 0.551. The van der Waals surface area contributed by atoms with E-state index < -0.39 is 0 Å². The van der Waals surface area contributed by atoms with Gasteiger partial charge in [-0.3, -0.25) is 4.98 Å². The van der Waals surface area contributed by atoms with Crippen LogP contribution in [0.15, 0.2) is 12.4 Å². The van der Waals surface area contributed by atoms with E-state index in [0.29, 0.717) is 10.9 Å². The molecule has 1 aliphatic rings. The molecule has 0 radical (unpaired) electrons. The molecule has 0 aliphatic carbocycles. The molecule has 1 saturated heterocycles. The smallest absolute Gasteiger partial charge is 0.150 e. The Bertz CT molecular complexity index is 329. The summed E-state index contributed by atoms with van der Waals surface area (Å²) in [5.74, 6) is 1.03. The number of halogens is 1. The van der Waals surface area contributed by atoms with Crippen molar-refractivity contribution >= 4 is 21.7 Å². The van der Waals surface area contributed by atoms with E-state index in [1.54, 1.807) is 12.4 Å². The summed E-state index contributed by atoms with van der Waals surface area (Å²) < 4.78 is 0. The zero-order chi connectivity index (χ0) is 10.1. The van der Waals surface area contributed by atoms with Crippen LogP contribution in [0.4, 0.5) is 5.82 Å². The van der Waals surface area contributed by atoms with Gasteiger partial charge in [-0.1, -0.05) is 15.9 Å². The van der Waals surface area contributed by atoms with Crippen molar-refractivity contribution in [1.29, 1.82) is 0 Å². The van der Waals surface area contributed by atoms with Crippen molar-refractivity contribution in [3.05, 3.63) is 18.1 Å². The number of aryl methyl sites for hydroxylation is 1. The van der Waals surface area contributed by atoms with E-state index in [0.717, 1.165) is 18.1 Å². The fourth-order valence-corrected chi connectivity index (χ4v) is 2.80. The number of hydrogen-bond acceptors (Lipinski definition) is 3. The maximum atomic E-state index is 4.39. The van der Waals surface area contributed by atoms with E-state index >= 15 is 0 Å². The molecule has 0 spiro atoms. The fourth-order valence-electron chi connectivity index (χ4n) is 1.94. The van der Waals surface area contributed by atoms with Crippen molar-refractivity contribution in [3.63, 3.8) is 0 Å². The Hall–Kier alpha value is -0.640. The Kier molecular flexibility index (Phi) is 2.72. The highest BCUT2D eigenvalue weighted by Gasteiger charge is 2.29. The Balaban J connectivity index is 2.27. The lowest BCUT2D eigenvalue weighted by molar-refractivity contribution is 0.725. The average Bonchev–Trinajstić information content (AvgIpc) is 2.46. The van der Waals surface area contributed by atoms with Crippen LogP contribution >= 0.6 is 15.9 Å². The molecule has 14 heavy (non-hydrogen) atoms. The second-order valence-electron chi connectivity index (χ2n) is 3.80. The van der Waals surface area contributed by atoms with Crippen LogP contribution in [-0.2, 0) is 0 Å². The molecule has 1 aromatic rings. The van der Waals surface area contributed by atoms with E-state index in [9.17, 15) is 0 Å². The average molecular weight is 256 g/mol. The Morgan fingerprint density at radius 1 is 1.43 bits per heavy atom. The largest absolute Gasteiger partial charge is 0.351 e. The number of hydrogen-bond donors (Lipinski definition) is 0. The molecule has 0 bridgehead atoms. The summed E-state index contributed by atoms with van der Waals surface area (Å²) >= 11 is 3.65. The van der Waals surface area contributed by atoms with Gasteiger partial charge in [-0.25, -0.2) is 4.98 Å². The molecular weight excluding hydrogens is 242 g/mol. The summed E-state index contributed by atoms with van der Waals surface area (Å²) in [6.07, 6.45) is 4.68. The van der Waals surface area contributed by atoms with Crippen molar-refractivity contribution in [3.8, 4) is 0 Å². The van der Waals surface area contributed by atoms with Gasteiger partial charge in [0.2, 0.25) is 0 Å². The second kappa shape index (κ2) is 3.85. The SMILES string of the molecule is Cc1nccnc1N1CC(Br)CC1C. The first-order valence-electron chi connectivity index (χ1n) is 4.87. The number of aromatic nitrogens is 2. The minimum Gasteiger partial charge on any atom is -0.351 e. The highest BCUT2D eigenvalue weighted by Crippen LogP contribution is 2.28. The monoisotopic (exact) mass is 255 g/mol. The molecule has 0 saturated carbocycles. The van der Waals surface area contributed by atoms with Gasteiger partial charge >= 0.3 is 0 Å². The fraction of sp³-hybridized carbons (Fsp3) is 0.600. The van der Waals surface area contributed by atoms with E-state index in [1.165, 1.54) is 6.42 Å². The van der Waals surface area contributed by atoms with Crippen LogP contribution in [0.2, 0.25) is 0 Å². The highest BCUT2D eigenvalue weighted by atomic mass is 79.9. The summed E-state index contributed by atoms with van der Waals surface area (Å²) in [7, 11) is 0. The van der Waals surface area contributed by atoms with Gasteiger partial charge in [-0.05, 0) is 20.3 Å². The van der Waals surface area contributed by atoms with Gasteiger partial charge in [0, 0.05) is 29.8 Å². The van der Waals surface area contributed by atoms with Crippen molar-refractivity contribution in [2.45, 2.75) is 31.1 Å². The van der Waals surface area contributed by atoms with Gasteiger partial charge in [-0.2, -0.15) is 0 Å². The summed E-state index contributed by atoms with van der Waals surface area (Å²) in [5.41, 5.74) is 1.01. The van der Waals surface area contributed by atoms with Crippen LogP contribution < -0.4 is 4.90 Å². The van der Waals surface area contributed by atoms with Crippen LogP contribution in [0.3, 0.4) is 0 Å². The van der Waals surface area contributed by atoms with E-state index in [-0.39, 0.29) is 0 Å². The van der Waals surface area contributed by atoms with Crippen LogP contribution in [0, 0.1) is 6.92 Å². The zero-order valence-electron chi connectivity index (χ0n) is 8.44. The summed E-state index contributed by atoms with van der Waals surface area (Å²) in [6.45, 7) is 5.27. The Morgan fingerprint density at radius 2 is 2.14 bits per heavy atom. The molecule has 4 heteroatoms. The molecule has 3 nitrogen and oxygen atoms in total. The maximum Gasteiger partial charge on any atom is 0.150 e. The van der Waals surface area contributed by atoms with Crippen molar-refractivity contribution in [1.82, 2.24) is 9.97 Å². The zero-order valence-corrected chi connectivity index (χ0v) is 10.0. The van der Waals surface area contributed by atoms with Gasteiger partial charge in [0.05, 0.1) is 5.69 Å². The van der Waals surface area contributed by atoms with Gasteiger partial charge in [0.15, 0.2) is 0 Å². The molecule has 76 valence electrons. The molecule has 0 amide bonds. The van der Waals surface area contributed by atoms with Gasteiger partial charge in [0.1, 0.15) is 5.82 Å². The van der Waals surface area contributed by atoms with Crippen LogP contribution in [-0.4, -0.2) is 27.4 Å². The lowest BCUT2D eigenvalue weighted by Crippen LogP contribution is -2.28. The highest BCUT2D eigenvalue weighted by molar-refractivity contribution is 9.09. The van der Waals surface area contributed by atoms with Gasteiger partial charge < -0.3 is 4.90 Å². The van der Waals surface area contributed by atoms with Crippen molar-refractivity contribution in [2.75, 3.05) is 11.4 Å². The molecule has 2 heterocycles. The van der Waals surface area contributed by atoms with Crippen LogP contribution in [0.1, 0.15) is 19.0 Å². The van der Waals surface area contributed by atoms with Crippen LogP contribution in [0.25, 0.3) is 0 Å². The number of alkyl halides is 1. The minimum absolute atomic E-state index is 0.551. The predicted molar refractivity (Wildman–Crippen MR) is 60.9 cm³/mol. The number of rotatable bonds is 1. The predicted octanol–water partition coefficient (Wildman–Crippen LogP) is 2.15. The Labute approximate surface area is 92.7 Å². The molecule has 1 aromatic heterocycles. The molecule has 2 unspecified atom stereocenters. The second-order valence-corrected chi connectivity index (χ2v) is 5.09. The molecular formula is C10H14BrN3. The van der Waals surface area contributed by atoms with E-state index in [2.05, 4.69) is 37.7 Å². The molecule has 0 aromatic carbocycles. The summed E-state index contributed by atoms with van der Waals surface area (Å²) in [4.78, 5) is 11.6. The Morgan fingerprint density at radius 3 is 2.71 bits per heavy atom. The minimum atomic E-state index is 0.551. The molecule has 2 atom stereocenters. The molecule has 1 fully saturated rings. The van der Waals surface area contributed by atoms with Gasteiger partial charge in [0.25, 0.3) is 0 Å². The third kappa shape index (κ3) is 1.75. The standard InChI is InChI=1S/C10H14BrN3/c1-7-5-9(11)6-14(7)10-8(2)12-3-4-13-10/h3-4,7,9H,5-6H2,1-2H3. The molecule has 0 N–H and O–H groups in total. The number of nitrogens with zero attached hydrogens (tertiary/aromatic N) is 3. The third-order valence-corrected chi connectivity index (χ3v) is 3.31.